The van der Waals surface area contributed by atoms with E-state index in [9.17, 15) is 18.4 Å². The topological polar surface area (TPSA) is 64.6 Å². The standard InChI is InChI=1S/C22H17F2NO4/c1-28-19-12-7-15(13-18(19)24)22(27)29-20(14-5-3-2-4-6-14)21(26)25-17-10-8-16(23)9-11-17/h2-13,20H,1H3,(H,25,26)/t20-/m1/s1. The molecule has 3 aromatic rings. The van der Waals surface area contributed by atoms with Crippen LogP contribution in [-0.2, 0) is 9.53 Å². The van der Waals surface area contributed by atoms with Gasteiger partial charge in [0.25, 0.3) is 5.91 Å². The molecule has 0 aliphatic rings. The van der Waals surface area contributed by atoms with E-state index in [1.54, 1.807) is 30.3 Å². The van der Waals surface area contributed by atoms with Crippen molar-refractivity contribution in [2.24, 2.45) is 0 Å². The SMILES string of the molecule is COc1ccc(C(=O)O[C@@H](C(=O)Nc2ccc(F)cc2)c2ccccc2)cc1F. The van der Waals surface area contributed by atoms with Crippen LogP contribution >= 0.6 is 0 Å². The molecule has 1 atom stereocenters. The smallest absolute Gasteiger partial charge is 0.339 e. The molecular formula is C22H17F2NO4. The maximum absolute atomic E-state index is 13.9. The monoisotopic (exact) mass is 397 g/mol. The number of nitrogens with one attached hydrogen (secondary N) is 1. The van der Waals surface area contributed by atoms with Crippen molar-refractivity contribution in [3.8, 4) is 5.75 Å². The highest BCUT2D eigenvalue weighted by atomic mass is 19.1. The fourth-order valence-corrected chi connectivity index (χ4v) is 2.61. The maximum atomic E-state index is 13.9. The molecule has 7 heteroatoms. The van der Waals surface area contributed by atoms with Crippen molar-refractivity contribution in [3.63, 3.8) is 0 Å². The summed E-state index contributed by atoms with van der Waals surface area (Å²) in [6.45, 7) is 0. The Bertz CT molecular complexity index is 1010. The highest BCUT2D eigenvalue weighted by molar-refractivity contribution is 5.98. The van der Waals surface area contributed by atoms with Crippen molar-refractivity contribution >= 4 is 17.6 Å². The third kappa shape index (κ3) is 4.95. The molecule has 0 unspecified atom stereocenters. The minimum Gasteiger partial charge on any atom is -0.494 e. The molecule has 1 N–H and O–H groups in total. The lowest BCUT2D eigenvalue weighted by Crippen LogP contribution is -2.26. The molecule has 0 aliphatic heterocycles. The molecule has 0 spiro atoms. The summed E-state index contributed by atoms with van der Waals surface area (Å²) in [6, 6.07) is 17.1. The maximum Gasteiger partial charge on any atom is 0.339 e. The van der Waals surface area contributed by atoms with Crippen LogP contribution in [0.25, 0.3) is 0 Å². The highest BCUT2D eigenvalue weighted by Crippen LogP contribution is 2.24. The van der Waals surface area contributed by atoms with E-state index in [1.807, 2.05) is 0 Å². The van der Waals surface area contributed by atoms with Gasteiger partial charge in [0.05, 0.1) is 12.7 Å². The van der Waals surface area contributed by atoms with E-state index in [1.165, 1.54) is 43.5 Å². The first-order valence-electron chi connectivity index (χ1n) is 8.64. The van der Waals surface area contributed by atoms with Gasteiger partial charge in [0.1, 0.15) is 5.82 Å². The Balaban J connectivity index is 1.84. The summed E-state index contributed by atoms with van der Waals surface area (Å²) in [4.78, 5) is 25.3. The number of rotatable bonds is 6. The second kappa shape index (κ2) is 8.97. The molecule has 148 valence electrons. The second-order valence-corrected chi connectivity index (χ2v) is 6.04. The zero-order chi connectivity index (χ0) is 20.8. The van der Waals surface area contributed by atoms with Crippen LogP contribution in [0.2, 0.25) is 0 Å². The van der Waals surface area contributed by atoms with Crippen LogP contribution in [0.1, 0.15) is 22.0 Å². The number of esters is 1. The van der Waals surface area contributed by atoms with E-state index < -0.39 is 29.6 Å². The zero-order valence-electron chi connectivity index (χ0n) is 15.4. The number of ether oxygens (including phenoxy) is 2. The molecule has 0 aromatic heterocycles. The first kappa shape index (κ1) is 20.0. The number of carbonyl (C=O) groups excluding carboxylic acids is 2. The molecule has 3 aromatic carbocycles. The van der Waals surface area contributed by atoms with Crippen molar-refractivity contribution < 1.29 is 27.8 Å². The lowest BCUT2D eigenvalue weighted by Gasteiger charge is -2.18. The molecule has 0 bridgehead atoms. The van der Waals surface area contributed by atoms with Gasteiger partial charge in [-0.1, -0.05) is 30.3 Å². The van der Waals surface area contributed by atoms with E-state index in [0.29, 0.717) is 11.3 Å². The number of hydrogen-bond acceptors (Lipinski definition) is 4. The minimum absolute atomic E-state index is 0.0183. The van der Waals surface area contributed by atoms with Crippen molar-refractivity contribution in [1.82, 2.24) is 0 Å². The number of benzene rings is 3. The lowest BCUT2D eigenvalue weighted by atomic mass is 10.1. The Kier molecular flexibility index (Phi) is 6.19. The second-order valence-electron chi connectivity index (χ2n) is 6.04. The van der Waals surface area contributed by atoms with Crippen LogP contribution in [-0.4, -0.2) is 19.0 Å². The molecule has 3 rings (SSSR count). The minimum atomic E-state index is -1.29. The summed E-state index contributed by atoms with van der Waals surface area (Å²) in [5.41, 5.74) is 0.692. The quantitative estimate of drug-likeness (QED) is 0.622. The summed E-state index contributed by atoms with van der Waals surface area (Å²) in [6.07, 6.45) is -1.29. The van der Waals surface area contributed by atoms with Gasteiger partial charge in [-0.3, -0.25) is 4.79 Å². The third-order valence-corrected chi connectivity index (χ3v) is 4.06. The van der Waals surface area contributed by atoms with E-state index in [0.717, 1.165) is 6.07 Å². The van der Waals surface area contributed by atoms with Crippen molar-refractivity contribution in [3.05, 3.63) is 95.6 Å². The highest BCUT2D eigenvalue weighted by Gasteiger charge is 2.26. The number of methoxy groups -OCH3 is 1. The molecule has 0 radical (unpaired) electrons. The van der Waals surface area contributed by atoms with Gasteiger partial charge >= 0.3 is 5.97 Å². The predicted octanol–water partition coefficient (Wildman–Crippen LogP) is 4.51. The van der Waals surface area contributed by atoms with Crippen LogP contribution in [0.5, 0.6) is 5.75 Å². The largest absolute Gasteiger partial charge is 0.494 e. The van der Waals surface area contributed by atoms with Crippen LogP contribution in [0.4, 0.5) is 14.5 Å². The Labute approximate surface area is 165 Å². The molecule has 0 heterocycles. The van der Waals surface area contributed by atoms with Gasteiger partial charge in [0, 0.05) is 11.3 Å². The number of halogens is 2. The molecule has 0 fully saturated rings. The molecule has 5 nitrogen and oxygen atoms in total. The zero-order valence-corrected chi connectivity index (χ0v) is 15.4. The first-order valence-corrected chi connectivity index (χ1v) is 8.64. The Morgan fingerprint density at radius 3 is 2.24 bits per heavy atom. The van der Waals surface area contributed by atoms with Gasteiger partial charge < -0.3 is 14.8 Å². The molecule has 0 aliphatic carbocycles. The number of hydrogen-bond donors (Lipinski definition) is 1. The van der Waals surface area contributed by atoms with E-state index >= 15 is 0 Å². The van der Waals surface area contributed by atoms with Crippen LogP contribution in [0, 0.1) is 11.6 Å². The first-order chi connectivity index (χ1) is 14.0. The average Bonchev–Trinajstić information content (AvgIpc) is 2.74. The molecule has 1 amide bonds. The number of amides is 1. The van der Waals surface area contributed by atoms with Crippen LogP contribution in [0.3, 0.4) is 0 Å². The fourth-order valence-electron chi connectivity index (χ4n) is 2.61. The fraction of sp³-hybridized carbons (Fsp3) is 0.0909. The molecule has 0 saturated heterocycles. The predicted molar refractivity (Wildman–Crippen MR) is 103 cm³/mol. The number of carbonyl (C=O) groups is 2. The van der Waals surface area contributed by atoms with Crippen molar-refractivity contribution in [2.45, 2.75) is 6.10 Å². The Morgan fingerprint density at radius 2 is 1.62 bits per heavy atom. The van der Waals surface area contributed by atoms with Gasteiger partial charge in [0.2, 0.25) is 6.10 Å². The van der Waals surface area contributed by atoms with Gasteiger partial charge in [-0.2, -0.15) is 0 Å². The van der Waals surface area contributed by atoms with E-state index in [-0.39, 0.29) is 11.3 Å². The molecular weight excluding hydrogens is 380 g/mol. The van der Waals surface area contributed by atoms with Gasteiger partial charge in [-0.05, 0) is 42.5 Å². The summed E-state index contributed by atoms with van der Waals surface area (Å²) in [5, 5.41) is 2.58. The van der Waals surface area contributed by atoms with Crippen LogP contribution < -0.4 is 10.1 Å². The van der Waals surface area contributed by atoms with Gasteiger partial charge in [0.15, 0.2) is 11.6 Å². The molecule has 0 saturated carbocycles. The van der Waals surface area contributed by atoms with Gasteiger partial charge in [-0.25, -0.2) is 13.6 Å². The summed E-state index contributed by atoms with van der Waals surface area (Å²) in [7, 11) is 1.31. The van der Waals surface area contributed by atoms with Gasteiger partial charge in [-0.15, -0.1) is 0 Å². The van der Waals surface area contributed by atoms with Crippen molar-refractivity contribution in [2.75, 3.05) is 12.4 Å². The van der Waals surface area contributed by atoms with Crippen molar-refractivity contribution in [1.29, 1.82) is 0 Å². The van der Waals surface area contributed by atoms with E-state index in [4.69, 9.17) is 9.47 Å². The Morgan fingerprint density at radius 1 is 0.931 bits per heavy atom. The summed E-state index contributed by atoms with van der Waals surface area (Å²) in [5.74, 6) is -2.71. The lowest BCUT2D eigenvalue weighted by molar-refractivity contribution is -0.125. The Hall–Kier alpha value is -3.74. The molecule has 29 heavy (non-hydrogen) atoms. The number of anilines is 1. The normalized spacial score (nSPS) is 11.4. The average molecular weight is 397 g/mol. The summed E-state index contributed by atoms with van der Waals surface area (Å²) >= 11 is 0. The van der Waals surface area contributed by atoms with Crippen LogP contribution in [0.15, 0.2) is 72.8 Å². The summed E-state index contributed by atoms with van der Waals surface area (Å²) < 4.78 is 37.2. The third-order valence-electron chi connectivity index (χ3n) is 4.06. The van der Waals surface area contributed by atoms with E-state index in [2.05, 4.69) is 5.32 Å².